The van der Waals surface area contributed by atoms with Crippen LogP contribution in [-0.4, -0.2) is 47.6 Å². The van der Waals surface area contributed by atoms with E-state index in [0.29, 0.717) is 0 Å². The zero-order chi connectivity index (χ0) is 15.8. The van der Waals surface area contributed by atoms with Crippen LogP contribution in [0.2, 0.25) is 0 Å². The first-order valence-electron chi connectivity index (χ1n) is 7.60. The van der Waals surface area contributed by atoms with Crippen molar-refractivity contribution < 1.29 is 4.74 Å². The molecule has 4 nitrogen and oxygen atoms in total. The van der Waals surface area contributed by atoms with E-state index in [1.807, 2.05) is 36.4 Å². The summed E-state index contributed by atoms with van der Waals surface area (Å²) < 4.78 is 5.16. The van der Waals surface area contributed by atoms with Crippen molar-refractivity contribution in [3.05, 3.63) is 36.4 Å². The zero-order valence-corrected chi connectivity index (χ0v) is 14.3. The van der Waals surface area contributed by atoms with E-state index in [4.69, 9.17) is 4.74 Å². The quantitative estimate of drug-likeness (QED) is 0.696. The lowest BCUT2D eigenvalue weighted by atomic mass is 10.1. The molecule has 1 heterocycles. The summed E-state index contributed by atoms with van der Waals surface area (Å²) in [6, 6.07) is 11.9. The lowest BCUT2D eigenvalue weighted by molar-refractivity contribution is 0.324. The molecular weight excluding hydrogens is 294 g/mol. The minimum atomic E-state index is 0.847. The molecule has 0 aliphatic carbocycles. The zero-order valence-electron chi connectivity index (χ0n) is 13.5. The first kappa shape index (κ1) is 16.8. The number of nitrogens with zero attached hydrogens (tertiary/aromatic N) is 3. The Morgan fingerprint density at radius 3 is 2.27 bits per heavy atom. The molecule has 22 heavy (non-hydrogen) atoms. The van der Waals surface area contributed by atoms with Crippen molar-refractivity contribution in [3.63, 3.8) is 0 Å². The fourth-order valence-electron chi connectivity index (χ4n) is 2.13. The molecule has 1 aromatic carbocycles. The molecule has 0 unspecified atom stereocenters. The van der Waals surface area contributed by atoms with Crippen LogP contribution in [0.4, 0.5) is 0 Å². The molecule has 2 rings (SSSR count). The Labute approximate surface area is 136 Å². The molecule has 2 aromatic rings. The van der Waals surface area contributed by atoms with Crippen molar-refractivity contribution in [3.8, 4) is 17.0 Å². The summed E-state index contributed by atoms with van der Waals surface area (Å²) in [4.78, 5) is 2.41. The molecule has 0 aliphatic rings. The van der Waals surface area contributed by atoms with Gasteiger partial charge in [0.2, 0.25) is 0 Å². The molecule has 118 valence electrons. The highest BCUT2D eigenvalue weighted by Crippen LogP contribution is 2.22. The van der Waals surface area contributed by atoms with Gasteiger partial charge in [-0.3, -0.25) is 0 Å². The van der Waals surface area contributed by atoms with Crippen LogP contribution in [0, 0.1) is 0 Å². The topological polar surface area (TPSA) is 38.2 Å². The monoisotopic (exact) mass is 317 g/mol. The van der Waals surface area contributed by atoms with E-state index in [1.165, 1.54) is 0 Å². The maximum atomic E-state index is 5.16. The number of thioether (sulfide) groups is 1. The van der Waals surface area contributed by atoms with Gasteiger partial charge in [-0.1, -0.05) is 13.8 Å². The van der Waals surface area contributed by atoms with Gasteiger partial charge < -0.3 is 9.64 Å². The first-order chi connectivity index (χ1) is 10.8. The number of ether oxygens (including phenoxy) is 1. The summed E-state index contributed by atoms with van der Waals surface area (Å²) in [7, 11) is 1.67. The second kappa shape index (κ2) is 8.76. The Morgan fingerprint density at radius 1 is 1.00 bits per heavy atom. The van der Waals surface area contributed by atoms with E-state index in [1.54, 1.807) is 18.9 Å². The van der Waals surface area contributed by atoms with Crippen LogP contribution in [0.5, 0.6) is 5.75 Å². The summed E-state index contributed by atoms with van der Waals surface area (Å²) in [5.41, 5.74) is 1.93. The van der Waals surface area contributed by atoms with Crippen molar-refractivity contribution >= 4 is 11.8 Å². The minimum absolute atomic E-state index is 0.847. The summed E-state index contributed by atoms with van der Waals surface area (Å²) in [6.07, 6.45) is 0. The average Bonchev–Trinajstić information content (AvgIpc) is 2.59. The molecule has 0 saturated carbocycles. The normalized spacial score (nSPS) is 10.9. The number of aromatic nitrogens is 2. The van der Waals surface area contributed by atoms with Gasteiger partial charge in [0.15, 0.2) is 0 Å². The molecule has 0 aliphatic heterocycles. The molecule has 1 aromatic heterocycles. The van der Waals surface area contributed by atoms with Gasteiger partial charge in [0.1, 0.15) is 10.8 Å². The Balaban J connectivity index is 1.92. The Bertz CT molecular complexity index is 553. The molecule has 0 bridgehead atoms. The van der Waals surface area contributed by atoms with Crippen LogP contribution in [0.15, 0.2) is 41.4 Å². The van der Waals surface area contributed by atoms with E-state index in [2.05, 4.69) is 28.9 Å². The van der Waals surface area contributed by atoms with Gasteiger partial charge in [0.25, 0.3) is 0 Å². The van der Waals surface area contributed by atoms with E-state index < -0.39 is 0 Å². The summed E-state index contributed by atoms with van der Waals surface area (Å²) >= 11 is 1.75. The van der Waals surface area contributed by atoms with Gasteiger partial charge in [0.05, 0.1) is 12.8 Å². The predicted molar refractivity (Wildman–Crippen MR) is 92.5 cm³/mol. The average molecular weight is 317 g/mol. The fraction of sp³-hybridized carbons (Fsp3) is 0.412. The SMILES string of the molecule is CCN(CC)CCSc1ccc(-c2ccc(OC)cc2)nn1. The van der Waals surface area contributed by atoms with E-state index in [-0.39, 0.29) is 0 Å². The van der Waals surface area contributed by atoms with Gasteiger partial charge in [-0.25, -0.2) is 0 Å². The maximum Gasteiger partial charge on any atom is 0.119 e. The second-order valence-electron chi connectivity index (χ2n) is 4.86. The molecule has 0 spiro atoms. The maximum absolute atomic E-state index is 5.16. The third kappa shape index (κ3) is 4.71. The minimum Gasteiger partial charge on any atom is -0.497 e. The van der Waals surface area contributed by atoms with Crippen LogP contribution in [0.25, 0.3) is 11.3 Å². The molecule has 0 N–H and O–H groups in total. The third-order valence-corrected chi connectivity index (χ3v) is 4.48. The second-order valence-corrected chi connectivity index (χ2v) is 5.98. The van der Waals surface area contributed by atoms with Crippen molar-refractivity contribution in [2.24, 2.45) is 0 Å². The van der Waals surface area contributed by atoms with Crippen LogP contribution >= 0.6 is 11.8 Å². The largest absolute Gasteiger partial charge is 0.497 e. The van der Waals surface area contributed by atoms with E-state index >= 15 is 0 Å². The predicted octanol–water partition coefficient (Wildman–Crippen LogP) is 3.59. The van der Waals surface area contributed by atoms with Crippen LogP contribution in [0.3, 0.4) is 0 Å². The lowest BCUT2D eigenvalue weighted by Gasteiger charge is -2.16. The Morgan fingerprint density at radius 2 is 1.73 bits per heavy atom. The molecule has 0 amide bonds. The molecule has 0 fully saturated rings. The highest BCUT2D eigenvalue weighted by Gasteiger charge is 2.04. The number of rotatable bonds is 8. The standard InChI is InChI=1S/C17H23N3OS/c1-4-20(5-2)12-13-22-17-11-10-16(18-19-17)14-6-8-15(21-3)9-7-14/h6-11H,4-5,12-13H2,1-3H3. The van der Waals surface area contributed by atoms with Gasteiger partial charge in [-0.05, 0) is 49.5 Å². The lowest BCUT2D eigenvalue weighted by Crippen LogP contribution is -2.25. The fourth-order valence-corrected chi connectivity index (χ4v) is 2.95. The van der Waals surface area contributed by atoms with E-state index in [9.17, 15) is 0 Å². The van der Waals surface area contributed by atoms with Crippen molar-refractivity contribution in [2.45, 2.75) is 18.9 Å². The summed E-state index contributed by atoms with van der Waals surface area (Å²) in [6.45, 7) is 7.66. The van der Waals surface area contributed by atoms with Gasteiger partial charge >= 0.3 is 0 Å². The molecule has 0 saturated heterocycles. The van der Waals surface area contributed by atoms with Crippen LogP contribution < -0.4 is 4.74 Å². The first-order valence-corrected chi connectivity index (χ1v) is 8.58. The smallest absolute Gasteiger partial charge is 0.119 e. The molecule has 5 heteroatoms. The van der Waals surface area contributed by atoms with Crippen LogP contribution in [0.1, 0.15) is 13.8 Å². The Hall–Kier alpha value is -1.59. The molecule has 0 radical (unpaired) electrons. The van der Waals surface area contributed by atoms with Crippen molar-refractivity contribution in [1.82, 2.24) is 15.1 Å². The summed E-state index contributed by atoms with van der Waals surface area (Å²) in [5.74, 6) is 1.89. The number of benzene rings is 1. The van der Waals surface area contributed by atoms with Crippen molar-refractivity contribution in [2.75, 3.05) is 32.5 Å². The van der Waals surface area contributed by atoms with Gasteiger partial charge in [-0.2, -0.15) is 0 Å². The highest BCUT2D eigenvalue weighted by atomic mass is 32.2. The van der Waals surface area contributed by atoms with E-state index in [0.717, 1.165) is 47.4 Å². The molecule has 0 atom stereocenters. The molecular formula is C17H23N3OS. The van der Waals surface area contributed by atoms with Gasteiger partial charge in [-0.15, -0.1) is 22.0 Å². The number of hydrogen-bond acceptors (Lipinski definition) is 5. The van der Waals surface area contributed by atoms with Crippen molar-refractivity contribution in [1.29, 1.82) is 0 Å². The highest BCUT2D eigenvalue weighted by molar-refractivity contribution is 7.99. The summed E-state index contributed by atoms with van der Waals surface area (Å²) in [5, 5.41) is 9.60. The number of hydrogen-bond donors (Lipinski definition) is 0. The Kier molecular flexibility index (Phi) is 6.68. The number of methoxy groups -OCH3 is 1. The third-order valence-electron chi connectivity index (χ3n) is 3.58. The van der Waals surface area contributed by atoms with Gasteiger partial charge in [0, 0.05) is 17.9 Å². The van der Waals surface area contributed by atoms with Crippen LogP contribution in [-0.2, 0) is 0 Å².